The first-order valence-electron chi connectivity index (χ1n) is 7.52. The lowest BCUT2D eigenvalue weighted by atomic mass is 10.1. The molecule has 22 heavy (non-hydrogen) atoms. The lowest BCUT2D eigenvalue weighted by Gasteiger charge is -2.19. The quantitative estimate of drug-likeness (QED) is 0.745. The molecule has 1 heterocycles. The maximum absolute atomic E-state index is 11.7. The van der Waals surface area contributed by atoms with Crippen LogP contribution >= 0.6 is 24.8 Å². The van der Waals surface area contributed by atoms with Crippen LogP contribution in [0.3, 0.4) is 0 Å². The first kappa shape index (κ1) is 21.0. The smallest absolute Gasteiger partial charge is 0.221 e. The standard InChI is InChI=1S/C16H25N3O.2ClH/c1-19(15-8-3-2-4-9-15)12-6-11-18-16(20)13-14-7-5-10-17-14;;/h2-4,8-9,14,17H,5-7,10-13H2,1H3,(H,18,20);2*1H. The number of rotatable bonds is 7. The lowest BCUT2D eigenvalue weighted by Crippen LogP contribution is -2.33. The molecule has 1 aromatic carbocycles. The van der Waals surface area contributed by atoms with Gasteiger partial charge in [-0.05, 0) is 37.9 Å². The van der Waals surface area contributed by atoms with Gasteiger partial charge in [0, 0.05) is 38.3 Å². The van der Waals surface area contributed by atoms with Crippen molar-refractivity contribution in [1.29, 1.82) is 0 Å². The summed E-state index contributed by atoms with van der Waals surface area (Å²) in [7, 11) is 2.08. The molecule has 1 aliphatic rings. The maximum Gasteiger partial charge on any atom is 0.221 e. The summed E-state index contributed by atoms with van der Waals surface area (Å²) < 4.78 is 0. The zero-order valence-electron chi connectivity index (χ0n) is 13.1. The van der Waals surface area contributed by atoms with Crippen LogP contribution in [0.4, 0.5) is 5.69 Å². The van der Waals surface area contributed by atoms with E-state index in [1.54, 1.807) is 0 Å². The molecule has 1 aliphatic heterocycles. The van der Waals surface area contributed by atoms with Crippen molar-refractivity contribution in [1.82, 2.24) is 10.6 Å². The Labute approximate surface area is 145 Å². The summed E-state index contributed by atoms with van der Waals surface area (Å²) in [5.74, 6) is 0.173. The predicted octanol–water partition coefficient (Wildman–Crippen LogP) is 2.61. The molecule has 126 valence electrons. The largest absolute Gasteiger partial charge is 0.375 e. The van der Waals surface area contributed by atoms with Gasteiger partial charge in [0.25, 0.3) is 0 Å². The third-order valence-corrected chi connectivity index (χ3v) is 3.78. The minimum atomic E-state index is 0. The molecule has 0 spiro atoms. The molecule has 6 heteroatoms. The van der Waals surface area contributed by atoms with Crippen LogP contribution in [0.1, 0.15) is 25.7 Å². The molecule has 1 saturated heterocycles. The van der Waals surface area contributed by atoms with Crippen molar-refractivity contribution in [3.63, 3.8) is 0 Å². The van der Waals surface area contributed by atoms with E-state index in [4.69, 9.17) is 0 Å². The SMILES string of the molecule is CN(CCCNC(=O)CC1CCCN1)c1ccccc1.Cl.Cl. The highest BCUT2D eigenvalue weighted by molar-refractivity contribution is 5.85. The first-order chi connectivity index (χ1) is 9.75. The van der Waals surface area contributed by atoms with Crippen LogP contribution in [0.2, 0.25) is 0 Å². The fourth-order valence-electron chi connectivity index (χ4n) is 2.58. The fourth-order valence-corrected chi connectivity index (χ4v) is 2.58. The molecule has 0 aromatic heterocycles. The fraction of sp³-hybridized carbons (Fsp3) is 0.562. The van der Waals surface area contributed by atoms with E-state index in [9.17, 15) is 4.79 Å². The first-order valence-corrected chi connectivity index (χ1v) is 7.52. The number of nitrogens with one attached hydrogen (secondary N) is 2. The van der Waals surface area contributed by atoms with E-state index in [1.165, 1.54) is 12.1 Å². The molecule has 1 aromatic rings. The number of anilines is 1. The van der Waals surface area contributed by atoms with Gasteiger partial charge in [-0.2, -0.15) is 0 Å². The highest BCUT2D eigenvalue weighted by Crippen LogP contribution is 2.11. The zero-order valence-corrected chi connectivity index (χ0v) is 14.7. The van der Waals surface area contributed by atoms with E-state index in [0.29, 0.717) is 12.5 Å². The van der Waals surface area contributed by atoms with E-state index in [1.807, 2.05) is 18.2 Å². The Morgan fingerprint density at radius 3 is 2.68 bits per heavy atom. The molecule has 0 radical (unpaired) electrons. The number of carbonyl (C=O) groups excluding carboxylic acids is 1. The average Bonchev–Trinajstić information content (AvgIpc) is 2.97. The summed E-state index contributed by atoms with van der Waals surface area (Å²) in [4.78, 5) is 14.0. The van der Waals surface area contributed by atoms with Gasteiger partial charge < -0.3 is 15.5 Å². The van der Waals surface area contributed by atoms with Gasteiger partial charge in [-0.25, -0.2) is 0 Å². The van der Waals surface area contributed by atoms with Crippen LogP contribution < -0.4 is 15.5 Å². The Balaban J connectivity index is 0.00000220. The van der Waals surface area contributed by atoms with Crippen molar-refractivity contribution in [2.75, 3.05) is 31.6 Å². The number of para-hydroxylation sites is 1. The summed E-state index contributed by atoms with van der Waals surface area (Å²) in [6, 6.07) is 10.7. The van der Waals surface area contributed by atoms with Crippen LogP contribution in [0, 0.1) is 0 Å². The van der Waals surface area contributed by atoms with Gasteiger partial charge in [-0.3, -0.25) is 4.79 Å². The molecule has 1 fully saturated rings. The summed E-state index contributed by atoms with van der Waals surface area (Å²) in [6.07, 6.45) is 3.91. The van der Waals surface area contributed by atoms with Crippen molar-refractivity contribution in [3.8, 4) is 0 Å². The Morgan fingerprint density at radius 1 is 1.32 bits per heavy atom. The van der Waals surface area contributed by atoms with E-state index < -0.39 is 0 Å². The highest BCUT2D eigenvalue weighted by atomic mass is 35.5. The maximum atomic E-state index is 11.7. The van der Waals surface area contributed by atoms with E-state index >= 15 is 0 Å². The number of hydrogen-bond acceptors (Lipinski definition) is 3. The molecule has 0 bridgehead atoms. The second kappa shape index (κ2) is 11.6. The van der Waals surface area contributed by atoms with E-state index in [-0.39, 0.29) is 30.7 Å². The zero-order chi connectivity index (χ0) is 14.2. The molecular weight excluding hydrogens is 321 g/mol. The van der Waals surface area contributed by atoms with Gasteiger partial charge >= 0.3 is 0 Å². The molecule has 1 amide bonds. The Kier molecular flexibility index (Phi) is 11.1. The number of amides is 1. The average molecular weight is 348 g/mol. The topological polar surface area (TPSA) is 44.4 Å². The third-order valence-electron chi connectivity index (χ3n) is 3.78. The van der Waals surface area contributed by atoms with Crippen LogP contribution in [-0.4, -0.2) is 38.6 Å². The lowest BCUT2D eigenvalue weighted by molar-refractivity contribution is -0.121. The predicted molar refractivity (Wildman–Crippen MR) is 97.5 cm³/mol. The molecule has 2 rings (SSSR count). The number of carbonyl (C=O) groups is 1. The van der Waals surface area contributed by atoms with Crippen molar-refractivity contribution < 1.29 is 4.79 Å². The molecule has 1 atom stereocenters. The van der Waals surface area contributed by atoms with Crippen LogP contribution in [0.15, 0.2) is 30.3 Å². The van der Waals surface area contributed by atoms with E-state index in [2.05, 4.69) is 34.7 Å². The third kappa shape index (κ3) is 7.34. The van der Waals surface area contributed by atoms with Gasteiger partial charge in [-0.1, -0.05) is 18.2 Å². The Morgan fingerprint density at radius 2 is 2.05 bits per heavy atom. The number of benzene rings is 1. The van der Waals surface area contributed by atoms with Crippen molar-refractivity contribution in [3.05, 3.63) is 30.3 Å². The Hall–Kier alpha value is -0.970. The van der Waals surface area contributed by atoms with Crippen LogP contribution in [-0.2, 0) is 4.79 Å². The van der Waals surface area contributed by atoms with Crippen molar-refractivity contribution >= 4 is 36.4 Å². The molecule has 4 nitrogen and oxygen atoms in total. The van der Waals surface area contributed by atoms with Crippen LogP contribution in [0.5, 0.6) is 0 Å². The van der Waals surface area contributed by atoms with E-state index in [0.717, 1.165) is 32.5 Å². The minimum Gasteiger partial charge on any atom is -0.375 e. The molecule has 0 saturated carbocycles. The molecule has 1 unspecified atom stereocenters. The van der Waals surface area contributed by atoms with Gasteiger partial charge in [0.05, 0.1) is 0 Å². The van der Waals surface area contributed by atoms with Crippen molar-refractivity contribution in [2.45, 2.75) is 31.7 Å². The van der Waals surface area contributed by atoms with Gasteiger partial charge in [0.15, 0.2) is 0 Å². The molecular formula is C16H27Cl2N3O. The summed E-state index contributed by atoms with van der Waals surface area (Å²) >= 11 is 0. The number of halogens is 2. The molecule has 2 N–H and O–H groups in total. The van der Waals surface area contributed by atoms with Crippen LogP contribution in [0.25, 0.3) is 0 Å². The second-order valence-electron chi connectivity index (χ2n) is 5.46. The Bertz CT molecular complexity index is 411. The minimum absolute atomic E-state index is 0. The normalized spacial score (nSPS) is 16.3. The summed E-state index contributed by atoms with van der Waals surface area (Å²) in [6.45, 7) is 2.76. The number of hydrogen-bond donors (Lipinski definition) is 2. The number of nitrogens with zero attached hydrogens (tertiary/aromatic N) is 1. The second-order valence-corrected chi connectivity index (χ2v) is 5.46. The summed E-state index contributed by atoms with van der Waals surface area (Å²) in [5.41, 5.74) is 1.22. The van der Waals surface area contributed by atoms with Gasteiger partial charge in [0.2, 0.25) is 5.91 Å². The molecule has 0 aliphatic carbocycles. The monoisotopic (exact) mass is 347 g/mol. The van der Waals surface area contributed by atoms with Crippen molar-refractivity contribution in [2.24, 2.45) is 0 Å². The summed E-state index contributed by atoms with van der Waals surface area (Å²) in [5, 5.41) is 6.36. The highest BCUT2D eigenvalue weighted by Gasteiger charge is 2.17. The van der Waals surface area contributed by atoms with Gasteiger partial charge in [0.1, 0.15) is 0 Å². The van der Waals surface area contributed by atoms with Gasteiger partial charge in [-0.15, -0.1) is 24.8 Å².